The Kier molecular flexibility index (Phi) is 5.08. The van der Waals surface area contributed by atoms with Gasteiger partial charge in [-0.05, 0) is 25.0 Å². The van der Waals surface area contributed by atoms with Crippen LogP contribution >= 0.6 is 11.6 Å². The van der Waals surface area contributed by atoms with Gasteiger partial charge in [-0.2, -0.15) is 4.36 Å². The largest absolute Gasteiger partial charge is 0.302 e. The Hall–Kier alpha value is -2.30. The molecule has 136 valence electrons. The Bertz CT molecular complexity index is 1090. The summed E-state index contributed by atoms with van der Waals surface area (Å²) in [6.45, 7) is 0. The summed E-state index contributed by atoms with van der Waals surface area (Å²) in [6, 6.07) is 3.01. The second kappa shape index (κ2) is 7.14. The van der Waals surface area contributed by atoms with Crippen molar-refractivity contribution >= 4 is 32.8 Å². The smallest absolute Gasteiger partial charge is 0.277 e. The molecular weight excluding hydrogens is 374 g/mol. The number of benzene rings is 1. The zero-order chi connectivity index (χ0) is 18.9. The number of terminal acetylenes is 1. The van der Waals surface area contributed by atoms with E-state index in [1.54, 1.807) is 6.07 Å². The molecule has 1 fully saturated rings. The molecule has 0 radical (unpaired) electrons. The third kappa shape index (κ3) is 3.35. The molecule has 26 heavy (non-hydrogen) atoms. The third-order valence-corrected chi connectivity index (χ3v) is 7.13. The molecule has 0 bridgehead atoms. The van der Waals surface area contributed by atoms with Gasteiger partial charge in [-0.1, -0.05) is 23.9 Å². The minimum atomic E-state index is -2.45. The monoisotopic (exact) mass is 391 g/mol. The first kappa shape index (κ1) is 18.5. The lowest BCUT2D eigenvalue weighted by Gasteiger charge is -2.16. The number of carbonyl (C=O) groups is 1. The van der Waals surface area contributed by atoms with Crippen LogP contribution in [0.1, 0.15) is 40.7 Å². The van der Waals surface area contributed by atoms with Gasteiger partial charge in [0, 0.05) is 30.3 Å². The maximum atomic E-state index is 13.0. The summed E-state index contributed by atoms with van der Waals surface area (Å²) in [4.78, 5) is 24.8. The van der Waals surface area contributed by atoms with Crippen molar-refractivity contribution in [3.05, 3.63) is 50.4 Å². The number of H-pyrrole nitrogens is 1. The zero-order valence-corrected chi connectivity index (χ0v) is 15.8. The van der Waals surface area contributed by atoms with E-state index >= 15 is 0 Å². The number of nitrogens with one attached hydrogen (secondary N) is 1. The van der Waals surface area contributed by atoms with E-state index in [1.807, 2.05) is 0 Å². The predicted molar refractivity (Wildman–Crippen MR) is 103 cm³/mol. The summed E-state index contributed by atoms with van der Waals surface area (Å²) in [6.07, 6.45) is 9.55. The molecule has 0 amide bonds. The van der Waals surface area contributed by atoms with Crippen molar-refractivity contribution in [3.63, 3.8) is 0 Å². The molecule has 0 unspecified atom stereocenters. The molecule has 8 heteroatoms. The van der Waals surface area contributed by atoms with Crippen LogP contribution in [0.4, 0.5) is 5.69 Å². The van der Waals surface area contributed by atoms with Gasteiger partial charge in [-0.3, -0.25) is 14.3 Å². The first-order chi connectivity index (χ1) is 12.4. The van der Waals surface area contributed by atoms with Crippen molar-refractivity contribution in [3.8, 4) is 12.3 Å². The lowest BCUT2D eigenvalue weighted by Crippen LogP contribution is -2.19. The normalized spacial score (nSPS) is 16.0. The highest BCUT2D eigenvalue weighted by molar-refractivity contribution is 7.93. The highest BCUT2D eigenvalue weighted by Gasteiger charge is 2.23. The third-order valence-electron chi connectivity index (χ3n) is 4.38. The molecular formula is C18H18ClN3O3S. The van der Waals surface area contributed by atoms with E-state index in [9.17, 15) is 13.8 Å². The fourth-order valence-corrected chi connectivity index (χ4v) is 5.47. The van der Waals surface area contributed by atoms with Gasteiger partial charge in [-0.25, -0.2) is 4.21 Å². The number of hydrogen-bond donors (Lipinski definition) is 1. The summed E-state index contributed by atoms with van der Waals surface area (Å²) in [5.74, 6) is 2.93. The van der Waals surface area contributed by atoms with Gasteiger partial charge in [0.1, 0.15) is 11.3 Å². The van der Waals surface area contributed by atoms with Crippen LogP contribution < -0.4 is 5.56 Å². The molecule has 6 nitrogen and oxygen atoms in total. The second-order valence-electron chi connectivity index (χ2n) is 6.18. The fourth-order valence-electron chi connectivity index (χ4n) is 2.91. The van der Waals surface area contributed by atoms with Crippen LogP contribution in [0.25, 0.3) is 0 Å². The van der Waals surface area contributed by atoms with Crippen molar-refractivity contribution in [2.75, 3.05) is 11.5 Å². The van der Waals surface area contributed by atoms with Gasteiger partial charge in [0.2, 0.25) is 5.78 Å². The van der Waals surface area contributed by atoms with Gasteiger partial charge in [-0.15, -0.1) is 6.42 Å². The van der Waals surface area contributed by atoms with Gasteiger partial charge in [0.15, 0.2) is 0 Å². The van der Waals surface area contributed by atoms with Crippen molar-refractivity contribution in [2.45, 2.75) is 19.3 Å². The number of rotatable bonds is 3. The van der Waals surface area contributed by atoms with Crippen LogP contribution in [-0.4, -0.2) is 31.3 Å². The Morgan fingerprint density at radius 1 is 1.31 bits per heavy atom. The molecule has 0 aliphatic carbocycles. The maximum Gasteiger partial charge on any atom is 0.277 e. The summed E-state index contributed by atoms with van der Waals surface area (Å²) in [7, 11) is -0.937. The number of aryl methyl sites for hydroxylation is 1. The quantitative estimate of drug-likeness (QED) is 0.645. The number of hydrogen-bond acceptors (Lipinski definition) is 4. The van der Waals surface area contributed by atoms with Crippen LogP contribution in [-0.2, 0) is 16.8 Å². The molecule has 1 saturated heterocycles. The molecule has 2 heterocycles. The summed E-state index contributed by atoms with van der Waals surface area (Å²) in [5, 5.41) is 2.68. The Morgan fingerprint density at radius 2 is 2.00 bits per heavy atom. The van der Waals surface area contributed by atoms with Crippen molar-refractivity contribution in [1.82, 2.24) is 9.78 Å². The summed E-state index contributed by atoms with van der Waals surface area (Å²) >= 11 is 6.42. The van der Waals surface area contributed by atoms with E-state index in [0.717, 1.165) is 19.3 Å². The number of aromatic nitrogens is 2. The zero-order valence-electron chi connectivity index (χ0n) is 14.3. The minimum absolute atomic E-state index is 0.0296. The maximum absolute atomic E-state index is 13.0. The Labute approximate surface area is 156 Å². The number of nitrogens with zero attached hydrogens (tertiary/aromatic N) is 2. The molecule has 1 aromatic carbocycles. The molecule has 1 aromatic heterocycles. The van der Waals surface area contributed by atoms with E-state index in [0.29, 0.717) is 17.1 Å². The molecule has 0 saturated carbocycles. The van der Waals surface area contributed by atoms with E-state index in [2.05, 4.69) is 15.4 Å². The van der Waals surface area contributed by atoms with Gasteiger partial charge in [0.05, 0.1) is 20.3 Å². The van der Waals surface area contributed by atoms with Crippen LogP contribution in [0.15, 0.2) is 27.5 Å². The second-order valence-corrected chi connectivity index (χ2v) is 9.10. The lowest BCUT2D eigenvalue weighted by molar-refractivity contribution is 0.103. The van der Waals surface area contributed by atoms with E-state index < -0.39 is 21.1 Å². The van der Waals surface area contributed by atoms with E-state index in [4.69, 9.17) is 18.0 Å². The van der Waals surface area contributed by atoms with Crippen molar-refractivity contribution in [1.29, 1.82) is 0 Å². The van der Waals surface area contributed by atoms with E-state index in [-0.39, 0.29) is 21.8 Å². The topological polar surface area (TPSA) is 84.3 Å². The lowest BCUT2D eigenvalue weighted by atomic mass is 10.0. The molecule has 1 aliphatic heterocycles. The highest BCUT2D eigenvalue weighted by atomic mass is 35.5. The Morgan fingerprint density at radius 3 is 2.58 bits per heavy atom. The van der Waals surface area contributed by atoms with E-state index in [1.165, 1.54) is 24.0 Å². The van der Waals surface area contributed by atoms with Crippen LogP contribution in [0, 0.1) is 12.3 Å². The SMILES string of the molecule is C#Cc1ccc(C(=O)c2c[nH]n(C)c2=O)c(Cl)c1N=S1(=O)CCCCC1. The van der Waals surface area contributed by atoms with Crippen molar-refractivity contribution < 1.29 is 9.00 Å². The first-order valence-electron chi connectivity index (χ1n) is 8.17. The number of aromatic amines is 1. The first-order valence-corrected chi connectivity index (χ1v) is 10.4. The number of ketones is 1. The van der Waals surface area contributed by atoms with Crippen LogP contribution in [0.2, 0.25) is 5.02 Å². The van der Waals surface area contributed by atoms with Gasteiger partial charge in [0.25, 0.3) is 5.56 Å². The highest BCUT2D eigenvalue weighted by Crippen LogP contribution is 2.35. The Balaban J connectivity index is 2.16. The predicted octanol–water partition coefficient (Wildman–Crippen LogP) is 2.86. The van der Waals surface area contributed by atoms with Crippen LogP contribution in [0.3, 0.4) is 0 Å². The average molecular weight is 392 g/mol. The van der Waals surface area contributed by atoms with Gasteiger partial charge < -0.3 is 5.10 Å². The average Bonchev–Trinajstić information content (AvgIpc) is 2.96. The number of halogens is 1. The molecule has 0 atom stereocenters. The van der Waals surface area contributed by atoms with Crippen LogP contribution in [0.5, 0.6) is 0 Å². The molecule has 1 N–H and O–H groups in total. The molecule has 2 aromatic rings. The van der Waals surface area contributed by atoms with Crippen molar-refractivity contribution in [2.24, 2.45) is 11.4 Å². The standard InChI is InChI=1S/C18H18ClN3O3S/c1-3-12-7-8-13(17(23)14-11-20-22(2)18(14)24)15(19)16(12)21-26(25)9-5-4-6-10-26/h1,7-8,11,20H,4-6,9-10H2,2H3. The molecule has 1 aliphatic rings. The summed E-state index contributed by atoms with van der Waals surface area (Å²) < 4.78 is 18.6. The molecule has 3 rings (SSSR count). The fraction of sp³-hybridized carbons (Fsp3) is 0.333. The van der Waals surface area contributed by atoms with Gasteiger partial charge >= 0.3 is 0 Å². The summed E-state index contributed by atoms with van der Waals surface area (Å²) in [5.41, 5.74) is 0.195. The minimum Gasteiger partial charge on any atom is -0.302 e. The molecule has 0 spiro atoms. The number of carbonyl (C=O) groups excluding carboxylic acids is 1.